The van der Waals surface area contributed by atoms with Crippen LogP contribution >= 0.6 is 0 Å². The Morgan fingerprint density at radius 3 is 2.54 bits per heavy atom. The lowest BCUT2D eigenvalue weighted by atomic mass is 10.0. The van der Waals surface area contributed by atoms with Crippen molar-refractivity contribution in [3.8, 4) is 11.5 Å². The molecule has 5 nitrogen and oxygen atoms in total. The predicted octanol–water partition coefficient (Wildman–Crippen LogP) is 4.05. The monoisotopic (exact) mass is 354 g/mol. The van der Waals surface area contributed by atoms with Gasteiger partial charge in [-0.15, -0.1) is 0 Å². The molecule has 138 valence electrons. The highest BCUT2D eigenvalue weighted by molar-refractivity contribution is 5.83. The lowest BCUT2D eigenvalue weighted by Crippen LogP contribution is -2.24. The fourth-order valence-electron chi connectivity index (χ4n) is 2.30. The van der Waals surface area contributed by atoms with Crippen LogP contribution in [0, 0.1) is 6.92 Å². The molecule has 0 aromatic heterocycles. The summed E-state index contributed by atoms with van der Waals surface area (Å²) in [6, 6.07) is 13.5. The van der Waals surface area contributed by atoms with Gasteiger partial charge in [0, 0.05) is 0 Å². The standard InChI is InChI=1S/C21H26N2O3/c1-5-25-19-10-7-17(8-11-19)13-22-23-21(24)14-26-20-12-18(15(2)3)9-6-16(20)4/h6-13,15H,5,14H2,1-4H3,(H,23,24). The van der Waals surface area contributed by atoms with Crippen molar-refractivity contribution in [1.82, 2.24) is 5.43 Å². The van der Waals surface area contributed by atoms with Crippen LogP contribution in [0.5, 0.6) is 11.5 Å². The average Bonchev–Trinajstić information content (AvgIpc) is 2.62. The Labute approximate surface area is 155 Å². The SMILES string of the molecule is CCOc1ccc(C=NNC(=O)COc2cc(C(C)C)ccc2C)cc1. The zero-order valence-electron chi connectivity index (χ0n) is 15.8. The second kappa shape index (κ2) is 9.61. The minimum absolute atomic E-state index is 0.0804. The molecule has 2 aromatic carbocycles. The first-order valence-corrected chi connectivity index (χ1v) is 8.77. The Morgan fingerprint density at radius 1 is 1.15 bits per heavy atom. The molecule has 0 saturated carbocycles. The van der Waals surface area contributed by atoms with Crippen molar-refractivity contribution in [2.24, 2.45) is 5.10 Å². The van der Waals surface area contributed by atoms with E-state index in [1.807, 2.05) is 50.2 Å². The molecule has 1 amide bonds. The Bertz CT molecular complexity index is 752. The normalized spacial score (nSPS) is 11.0. The molecule has 0 heterocycles. The zero-order chi connectivity index (χ0) is 18.9. The van der Waals surface area contributed by atoms with Crippen molar-refractivity contribution in [1.29, 1.82) is 0 Å². The molecule has 0 radical (unpaired) electrons. The van der Waals surface area contributed by atoms with E-state index in [1.54, 1.807) is 6.21 Å². The number of nitrogens with one attached hydrogen (secondary N) is 1. The fraction of sp³-hybridized carbons (Fsp3) is 0.333. The summed E-state index contributed by atoms with van der Waals surface area (Å²) in [5, 5.41) is 3.95. The summed E-state index contributed by atoms with van der Waals surface area (Å²) in [5.41, 5.74) is 5.52. The Hall–Kier alpha value is -2.82. The highest BCUT2D eigenvalue weighted by atomic mass is 16.5. The fourth-order valence-corrected chi connectivity index (χ4v) is 2.30. The summed E-state index contributed by atoms with van der Waals surface area (Å²) >= 11 is 0. The van der Waals surface area contributed by atoms with E-state index in [2.05, 4.69) is 30.4 Å². The number of aryl methyl sites for hydroxylation is 1. The van der Waals surface area contributed by atoms with E-state index < -0.39 is 0 Å². The Morgan fingerprint density at radius 2 is 1.88 bits per heavy atom. The quantitative estimate of drug-likeness (QED) is 0.575. The summed E-state index contributed by atoms with van der Waals surface area (Å²) in [5.74, 6) is 1.63. The smallest absolute Gasteiger partial charge is 0.277 e. The van der Waals surface area contributed by atoms with Crippen LogP contribution in [0.15, 0.2) is 47.6 Å². The first-order valence-electron chi connectivity index (χ1n) is 8.77. The van der Waals surface area contributed by atoms with Gasteiger partial charge in [-0.1, -0.05) is 26.0 Å². The number of ether oxygens (including phenoxy) is 2. The molecule has 2 rings (SSSR count). The summed E-state index contributed by atoms with van der Waals surface area (Å²) in [7, 11) is 0. The number of amides is 1. The van der Waals surface area contributed by atoms with Crippen LogP contribution in [-0.2, 0) is 4.79 Å². The van der Waals surface area contributed by atoms with Gasteiger partial charge in [0.2, 0.25) is 0 Å². The van der Waals surface area contributed by atoms with Crippen LogP contribution < -0.4 is 14.9 Å². The number of hydrogen-bond acceptors (Lipinski definition) is 4. The largest absolute Gasteiger partial charge is 0.494 e. The molecule has 1 N–H and O–H groups in total. The molecule has 5 heteroatoms. The molecule has 2 aromatic rings. The molecule has 26 heavy (non-hydrogen) atoms. The molecule has 0 aliphatic carbocycles. The van der Waals surface area contributed by atoms with E-state index in [9.17, 15) is 4.79 Å². The third-order valence-electron chi connectivity index (χ3n) is 3.83. The van der Waals surface area contributed by atoms with Crippen LogP contribution in [0.25, 0.3) is 0 Å². The van der Waals surface area contributed by atoms with Crippen molar-refractivity contribution < 1.29 is 14.3 Å². The van der Waals surface area contributed by atoms with E-state index in [4.69, 9.17) is 9.47 Å². The van der Waals surface area contributed by atoms with E-state index in [1.165, 1.54) is 5.56 Å². The van der Waals surface area contributed by atoms with Gasteiger partial charge in [-0.05, 0) is 66.8 Å². The molecule has 0 aliphatic rings. The van der Waals surface area contributed by atoms with Gasteiger partial charge in [0.25, 0.3) is 5.91 Å². The molecule has 0 bridgehead atoms. The van der Waals surface area contributed by atoms with Gasteiger partial charge in [-0.25, -0.2) is 5.43 Å². The minimum atomic E-state index is -0.304. The van der Waals surface area contributed by atoms with Gasteiger partial charge in [0.1, 0.15) is 11.5 Å². The molecular weight excluding hydrogens is 328 g/mol. The van der Waals surface area contributed by atoms with Crippen LogP contribution in [0.1, 0.15) is 43.4 Å². The van der Waals surface area contributed by atoms with Crippen molar-refractivity contribution in [2.45, 2.75) is 33.6 Å². The van der Waals surface area contributed by atoms with E-state index in [0.717, 1.165) is 22.6 Å². The number of nitrogens with zero attached hydrogens (tertiary/aromatic N) is 1. The first kappa shape index (κ1) is 19.5. The lowest BCUT2D eigenvalue weighted by Gasteiger charge is -2.12. The van der Waals surface area contributed by atoms with Crippen molar-refractivity contribution in [2.75, 3.05) is 13.2 Å². The van der Waals surface area contributed by atoms with Crippen molar-refractivity contribution >= 4 is 12.1 Å². The number of benzene rings is 2. The van der Waals surface area contributed by atoms with Gasteiger partial charge in [-0.3, -0.25) is 4.79 Å². The van der Waals surface area contributed by atoms with E-state index in [0.29, 0.717) is 12.5 Å². The van der Waals surface area contributed by atoms with Crippen molar-refractivity contribution in [3.05, 3.63) is 59.2 Å². The molecule has 0 aliphatic heterocycles. The van der Waals surface area contributed by atoms with Gasteiger partial charge in [0.05, 0.1) is 12.8 Å². The predicted molar refractivity (Wildman–Crippen MR) is 104 cm³/mol. The second-order valence-electron chi connectivity index (χ2n) is 6.26. The third-order valence-corrected chi connectivity index (χ3v) is 3.83. The number of carbonyl (C=O) groups is 1. The van der Waals surface area contributed by atoms with Crippen LogP contribution in [0.4, 0.5) is 0 Å². The van der Waals surface area contributed by atoms with Gasteiger partial charge in [0.15, 0.2) is 6.61 Å². The molecule has 0 atom stereocenters. The van der Waals surface area contributed by atoms with Crippen LogP contribution in [-0.4, -0.2) is 25.3 Å². The maximum Gasteiger partial charge on any atom is 0.277 e. The molecule has 0 fully saturated rings. The van der Waals surface area contributed by atoms with E-state index in [-0.39, 0.29) is 12.5 Å². The summed E-state index contributed by atoms with van der Waals surface area (Å²) < 4.78 is 11.0. The summed E-state index contributed by atoms with van der Waals surface area (Å²) in [4.78, 5) is 11.9. The topological polar surface area (TPSA) is 59.9 Å². The third kappa shape index (κ3) is 5.92. The van der Waals surface area contributed by atoms with Gasteiger partial charge in [-0.2, -0.15) is 5.10 Å². The highest BCUT2D eigenvalue weighted by Crippen LogP contribution is 2.24. The Balaban J connectivity index is 1.84. The maximum absolute atomic E-state index is 11.9. The highest BCUT2D eigenvalue weighted by Gasteiger charge is 2.07. The number of hydrogen-bond donors (Lipinski definition) is 1. The number of carbonyl (C=O) groups excluding carboxylic acids is 1. The molecule has 0 spiro atoms. The molecular formula is C21H26N2O3. The van der Waals surface area contributed by atoms with E-state index >= 15 is 0 Å². The van der Waals surface area contributed by atoms with Crippen LogP contribution in [0.2, 0.25) is 0 Å². The summed E-state index contributed by atoms with van der Waals surface area (Å²) in [6.45, 7) is 8.69. The number of hydrazone groups is 1. The van der Waals surface area contributed by atoms with Crippen molar-refractivity contribution in [3.63, 3.8) is 0 Å². The lowest BCUT2D eigenvalue weighted by molar-refractivity contribution is -0.123. The van der Waals surface area contributed by atoms with Crippen LogP contribution in [0.3, 0.4) is 0 Å². The molecule has 0 saturated heterocycles. The molecule has 0 unspecified atom stereocenters. The maximum atomic E-state index is 11.9. The van der Waals surface area contributed by atoms with Gasteiger partial charge >= 0.3 is 0 Å². The Kier molecular flexibility index (Phi) is 7.21. The minimum Gasteiger partial charge on any atom is -0.494 e. The first-order chi connectivity index (χ1) is 12.5. The average molecular weight is 354 g/mol. The number of rotatable bonds is 8. The zero-order valence-corrected chi connectivity index (χ0v) is 15.8. The summed E-state index contributed by atoms with van der Waals surface area (Å²) in [6.07, 6.45) is 1.58. The second-order valence-corrected chi connectivity index (χ2v) is 6.26. The van der Waals surface area contributed by atoms with Gasteiger partial charge < -0.3 is 9.47 Å².